The van der Waals surface area contributed by atoms with Crippen LogP contribution in [0.2, 0.25) is 0 Å². The molecule has 3 atom stereocenters. The van der Waals surface area contributed by atoms with E-state index in [9.17, 15) is 9.59 Å². The first-order valence-electron chi connectivity index (χ1n) is 9.48. The zero-order chi connectivity index (χ0) is 21.4. The molecule has 0 saturated carbocycles. The Balaban J connectivity index is 0.00000326. The molecule has 0 spiro atoms. The Labute approximate surface area is 166 Å². The van der Waals surface area contributed by atoms with E-state index in [2.05, 4.69) is 27.7 Å². The summed E-state index contributed by atoms with van der Waals surface area (Å²) in [5.41, 5.74) is 3.82. The summed E-state index contributed by atoms with van der Waals surface area (Å²) >= 11 is 0. The number of esters is 1. The minimum Gasteiger partial charge on any atom is -0.465 e. The molecule has 3 unspecified atom stereocenters. The monoisotopic (exact) mass is 395 g/mol. The minimum atomic E-state index is -0.725. The average Bonchev–Trinajstić information content (AvgIpc) is 2.51. The lowest BCUT2D eigenvalue weighted by Crippen LogP contribution is -2.30. The lowest BCUT2D eigenvalue weighted by molar-refractivity contribution is -0.146. The van der Waals surface area contributed by atoms with Crippen LogP contribution in [0.15, 0.2) is 12.1 Å². The van der Waals surface area contributed by atoms with Crippen molar-refractivity contribution in [1.29, 1.82) is 0 Å². The van der Waals surface area contributed by atoms with Gasteiger partial charge in [-0.2, -0.15) is 0 Å². The number of aryl methyl sites for hydroxylation is 3. The van der Waals surface area contributed by atoms with Gasteiger partial charge in [-0.15, -0.1) is 0 Å². The van der Waals surface area contributed by atoms with E-state index in [0.717, 1.165) is 23.1 Å². The number of carbonyl (C=O) groups excluding carboxylic acids is 2. The highest BCUT2D eigenvalue weighted by Gasteiger charge is 2.33. The smallest absolute Gasteiger partial charge is 0.316 e. The second kappa shape index (κ2) is 11.3. The largest absolute Gasteiger partial charge is 0.465 e. The minimum absolute atomic E-state index is 0.103. The Morgan fingerprint density at radius 3 is 1.96 bits per heavy atom. The van der Waals surface area contributed by atoms with Crippen LogP contribution >= 0.6 is 9.12 Å². The van der Waals surface area contributed by atoms with Crippen molar-refractivity contribution in [2.75, 3.05) is 6.61 Å². The van der Waals surface area contributed by atoms with Crippen molar-refractivity contribution in [3.8, 4) is 0 Å². The van der Waals surface area contributed by atoms with Crippen LogP contribution in [0.1, 0.15) is 74.5 Å². The molecular formula is C22H36O4P+. The number of hydrogen-bond acceptors (Lipinski definition) is 4. The van der Waals surface area contributed by atoms with Crippen molar-refractivity contribution in [2.24, 2.45) is 17.3 Å². The van der Waals surface area contributed by atoms with Crippen molar-refractivity contribution in [3.05, 3.63) is 34.4 Å². The predicted octanol–water partition coefficient (Wildman–Crippen LogP) is 5.64. The van der Waals surface area contributed by atoms with Crippen LogP contribution in [-0.4, -0.2) is 18.4 Å². The molecule has 0 N–H and O–H groups in total. The van der Waals surface area contributed by atoms with Crippen LogP contribution in [0.4, 0.5) is 0 Å². The molecule has 152 valence electrons. The fourth-order valence-corrected chi connectivity index (χ4v) is 3.83. The zero-order valence-corrected chi connectivity index (χ0v) is 19.3. The molecule has 1 rings (SSSR count). The van der Waals surface area contributed by atoms with Crippen molar-refractivity contribution in [3.63, 3.8) is 0 Å². The number of ketones is 1. The number of benzene rings is 1. The van der Waals surface area contributed by atoms with E-state index in [-0.39, 0.29) is 17.1 Å². The Morgan fingerprint density at radius 1 is 1.07 bits per heavy atom. The molecule has 0 bridgehead atoms. The third-order valence-corrected chi connectivity index (χ3v) is 4.41. The quantitative estimate of drug-likeness (QED) is 0.259. The van der Waals surface area contributed by atoms with Crippen molar-refractivity contribution < 1.29 is 18.9 Å². The maximum Gasteiger partial charge on any atom is 0.316 e. The molecule has 0 aliphatic carbocycles. The van der Waals surface area contributed by atoms with Gasteiger partial charge in [0.2, 0.25) is 0 Å². The molecule has 0 radical (unpaired) electrons. The molecule has 1 aromatic carbocycles. The molecule has 0 aliphatic rings. The molecule has 1 aromatic rings. The molecule has 5 heteroatoms. The first-order chi connectivity index (χ1) is 12.5. The van der Waals surface area contributed by atoms with Gasteiger partial charge in [-0.25, -0.2) is 0 Å². The third-order valence-electron chi connectivity index (χ3n) is 4.41. The highest BCUT2D eigenvalue weighted by atomic mass is 31.0. The zero-order valence-electron chi connectivity index (χ0n) is 18.1. The number of Topliss-reactive ketones (excluding diaryl/α,β-unsaturated/α-hetero) is 1. The van der Waals surface area contributed by atoms with Crippen LogP contribution < -0.4 is 0 Å². The second-order valence-corrected chi connectivity index (χ2v) is 8.55. The highest BCUT2D eigenvalue weighted by Crippen LogP contribution is 2.31. The van der Waals surface area contributed by atoms with Gasteiger partial charge in [0, 0.05) is 5.56 Å². The van der Waals surface area contributed by atoms with Crippen LogP contribution in [-0.2, 0) is 14.1 Å². The molecule has 0 heterocycles. The third kappa shape index (κ3) is 8.34. The number of ether oxygens (including phenoxy) is 1. The maximum atomic E-state index is 13.2. The van der Waals surface area contributed by atoms with Gasteiger partial charge in [-0.3, -0.25) is 9.59 Å². The summed E-state index contributed by atoms with van der Waals surface area (Å²) in [6.45, 7) is 16.6. The van der Waals surface area contributed by atoms with Gasteiger partial charge >= 0.3 is 15.1 Å². The van der Waals surface area contributed by atoms with Gasteiger partial charge in [0.05, 0.1) is 6.61 Å². The highest BCUT2D eigenvalue weighted by molar-refractivity contribution is 7.00. The molecular weight excluding hydrogens is 359 g/mol. The Morgan fingerprint density at radius 2 is 1.56 bits per heavy atom. The number of hydrogen-bond donors (Lipinski definition) is 0. The standard InChI is InChI=1S/C22H34O3.H2OP/c1-9-25-21(24)18(12-15(3)13-22(6,7)8)20(23)19-16(4)10-14(2)11-17(19)5;1-2/h10-11,15,18H,9,12-13H2,1-8H3;2H2/q;+1. The van der Waals surface area contributed by atoms with E-state index >= 15 is 0 Å². The average molecular weight is 396 g/mol. The SMILES string of the molecule is CCOC(=O)C(CC(C)CC(C)(C)C)C(=O)c1c(C)cc(C)cc1C.O=[PH2+]. The van der Waals surface area contributed by atoms with Crippen molar-refractivity contribution in [1.82, 2.24) is 0 Å². The summed E-state index contributed by atoms with van der Waals surface area (Å²) < 4.78 is 13.4. The summed E-state index contributed by atoms with van der Waals surface area (Å²) in [6, 6.07) is 4.00. The number of rotatable bonds is 7. The summed E-state index contributed by atoms with van der Waals surface area (Å²) in [7, 11) is 1.17. The first kappa shape index (κ1) is 25.5. The molecule has 0 fully saturated rings. The Bertz CT molecular complexity index is 623. The molecule has 27 heavy (non-hydrogen) atoms. The van der Waals surface area contributed by atoms with Gasteiger partial charge < -0.3 is 4.74 Å². The second-order valence-electron chi connectivity index (χ2n) is 8.55. The maximum absolute atomic E-state index is 13.2. The van der Waals surface area contributed by atoms with E-state index < -0.39 is 11.9 Å². The molecule has 0 aliphatic heterocycles. The molecule has 0 aromatic heterocycles. The van der Waals surface area contributed by atoms with Crippen molar-refractivity contribution >= 4 is 20.9 Å². The lowest BCUT2D eigenvalue weighted by atomic mass is 9.79. The van der Waals surface area contributed by atoms with E-state index in [4.69, 9.17) is 9.30 Å². The van der Waals surface area contributed by atoms with Crippen LogP contribution in [0, 0.1) is 38.0 Å². The summed E-state index contributed by atoms with van der Waals surface area (Å²) in [5.74, 6) is -0.955. The molecule has 0 amide bonds. The van der Waals surface area contributed by atoms with E-state index in [1.165, 1.54) is 9.12 Å². The lowest BCUT2D eigenvalue weighted by Gasteiger charge is -2.26. The van der Waals surface area contributed by atoms with Gasteiger partial charge in [0.25, 0.3) is 0 Å². The topological polar surface area (TPSA) is 60.4 Å². The molecule has 4 nitrogen and oxygen atoms in total. The van der Waals surface area contributed by atoms with Crippen molar-refractivity contribution in [2.45, 2.75) is 68.2 Å². The normalized spacial score (nSPS) is 13.2. The van der Waals surface area contributed by atoms with Crippen LogP contribution in [0.25, 0.3) is 0 Å². The van der Waals surface area contributed by atoms with E-state index in [1.54, 1.807) is 6.92 Å². The summed E-state index contributed by atoms with van der Waals surface area (Å²) in [6.07, 6.45) is 1.49. The van der Waals surface area contributed by atoms with Gasteiger partial charge in [-0.05, 0) is 63.0 Å². The van der Waals surface area contributed by atoms with Gasteiger partial charge in [0.15, 0.2) is 5.78 Å². The summed E-state index contributed by atoms with van der Waals surface area (Å²) in [4.78, 5) is 25.7. The molecule has 0 saturated heterocycles. The van der Waals surface area contributed by atoms with Crippen LogP contribution in [0.5, 0.6) is 0 Å². The van der Waals surface area contributed by atoms with Gasteiger partial charge in [0.1, 0.15) is 5.92 Å². The summed E-state index contributed by atoms with van der Waals surface area (Å²) in [5, 5.41) is 0. The van der Waals surface area contributed by atoms with E-state index in [0.29, 0.717) is 18.6 Å². The Hall–Kier alpha value is -1.54. The fourth-order valence-electron chi connectivity index (χ4n) is 3.83. The van der Waals surface area contributed by atoms with Crippen LogP contribution in [0.3, 0.4) is 0 Å². The predicted molar refractivity (Wildman–Crippen MR) is 113 cm³/mol. The van der Waals surface area contributed by atoms with E-state index in [1.807, 2.05) is 32.9 Å². The Kier molecular flexibility index (Phi) is 10.7. The van der Waals surface area contributed by atoms with Gasteiger partial charge in [-0.1, -0.05) is 50.0 Å². The number of carbonyl (C=O) groups is 2. The first-order valence-corrected chi connectivity index (χ1v) is 9.95. The fraction of sp³-hybridized carbons (Fsp3) is 0.636.